The van der Waals surface area contributed by atoms with E-state index in [-0.39, 0.29) is 48.6 Å². The molecule has 1 aliphatic carbocycles. The van der Waals surface area contributed by atoms with Crippen molar-refractivity contribution in [3.63, 3.8) is 0 Å². The molecule has 1 saturated carbocycles. The number of carbonyl (C=O) groups excluding carboxylic acids is 2. The summed E-state index contributed by atoms with van der Waals surface area (Å²) < 4.78 is 43.3. The number of rotatable bonds is 13. The molecule has 0 bridgehead atoms. The van der Waals surface area contributed by atoms with E-state index in [4.69, 9.17) is 77.8 Å². The molecule has 14 heterocycles. The number of morpholine rings is 2. The number of aliphatic hydroxyl groups excluding tert-OH is 1. The Balaban J connectivity index is 0.000000111. The van der Waals surface area contributed by atoms with Crippen molar-refractivity contribution in [2.24, 2.45) is 0 Å². The molecule has 40 nitrogen and oxygen atoms in total. The largest absolute Gasteiger partial charge is 0.453 e. The summed E-state index contributed by atoms with van der Waals surface area (Å²) in [6, 6.07) is 22.2. The van der Waals surface area contributed by atoms with Crippen LogP contribution in [0.1, 0.15) is 32.7 Å². The van der Waals surface area contributed by atoms with E-state index in [1.165, 1.54) is 32.4 Å². The number of nitrogens with two attached hydrogens (primary N) is 7. The second-order valence-electron chi connectivity index (χ2n) is 26.0. The van der Waals surface area contributed by atoms with Crippen LogP contribution in [0.5, 0.6) is 0 Å². The van der Waals surface area contributed by atoms with E-state index < -0.39 is 11.6 Å². The van der Waals surface area contributed by atoms with Gasteiger partial charge in [-0.3, -0.25) is 15.0 Å². The molecule has 3 aliphatic rings. The van der Waals surface area contributed by atoms with Crippen LogP contribution in [-0.2, 0) is 37.6 Å². The third-order valence-electron chi connectivity index (χ3n) is 18.9. The summed E-state index contributed by atoms with van der Waals surface area (Å²) >= 11 is 0. The first-order valence-electron chi connectivity index (χ1n) is 34.3. The van der Waals surface area contributed by atoms with Gasteiger partial charge in [-0.05, 0) is 99.5 Å². The second kappa shape index (κ2) is 28.5. The Bertz CT molecular complexity index is 6130. The molecule has 0 spiro atoms. The van der Waals surface area contributed by atoms with Gasteiger partial charge in [-0.25, -0.2) is 63.4 Å². The fourth-order valence-corrected chi connectivity index (χ4v) is 13.1. The van der Waals surface area contributed by atoms with Gasteiger partial charge in [0.15, 0.2) is 62.4 Å². The standard InChI is InChI=1S/C18H18N8O3.C18H20N8O2.C17H17N7O3.C16H15N7O2/c19-16-11-7-10(1-2-12(11)29-24-16)15-14-17(20)21-9-22-18(14)26(23-15)8-13(27)25-3-5-28-6-4-25;19-16-12-9-11(1-2-13(12)28-24-16)15-14-17(20)21-10-22-18(14)26(23-15)4-3-25-5-7-27-8-6-25;1-8(2)24-16-12(14(18)19-7-20-16)13(22-24)9-4-5-11-10(6-9)15(23-27-11)21-17(25)26-3;17-13-11-12(8-1-2-10-9(5-8)21-15(18)25-10)22-23(14(11)20-7-19-13)16(6-24)3-4-16/h1-2,7,9H,3-6,8H2,(H2,19,24)(H2,20,21,22);1-2,9-10H,3-8H2,(H2,19,24)(H2,20,21,22);4-8H,1-3H3,(H2,18,19,20)(H,21,23,25);1-2,5,7,24H,3-4,6H2,(H2,18,21)(H2,17,19,20). The van der Waals surface area contributed by atoms with E-state index in [1.807, 2.05) is 73.1 Å². The number of hydrogen-bond acceptors (Lipinski definition) is 34. The number of nitrogen functional groups attached to an aromatic ring is 7. The molecule has 12 aromatic heterocycles. The number of fused-ring (bicyclic) bond motifs is 8. The summed E-state index contributed by atoms with van der Waals surface area (Å²) in [5, 5.41) is 47.3. The minimum atomic E-state index is -0.636. The molecule has 19 rings (SSSR count). The maximum atomic E-state index is 12.7. The van der Waals surface area contributed by atoms with Gasteiger partial charge in [0.1, 0.15) is 83.4 Å². The highest BCUT2D eigenvalue weighted by Crippen LogP contribution is 2.46. The Morgan fingerprint density at radius 1 is 0.532 bits per heavy atom. The summed E-state index contributed by atoms with van der Waals surface area (Å²) in [4.78, 5) is 66.4. The van der Waals surface area contributed by atoms with Crippen molar-refractivity contribution in [1.82, 2.24) is 109 Å². The van der Waals surface area contributed by atoms with Crippen LogP contribution in [0.4, 0.5) is 51.5 Å². The Morgan fingerprint density at radius 3 is 1.56 bits per heavy atom. The van der Waals surface area contributed by atoms with E-state index in [2.05, 4.69) is 85.5 Å². The van der Waals surface area contributed by atoms with Crippen LogP contribution in [-0.4, -0.2) is 199 Å². The lowest BCUT2D eigenvalue weighted by Gasteiger charge is -2.26. The number of hydrogen-bond donors (Lipinski definition) is 9. The van der Waals surface area contributed by atoms with Gasteiger partial charge in [-0.15, -0.1) is 0 Å². The number of methoxy groups -OCH3 is 1. The molecule has 2 amide bonds. The zero-order valence-electron chi connectivity index (χ0n) is 58.7. The quantitative estimate of drug-likeness (QED) is 0.0634. The molecular formula is C69H70N30O10. The molecule has 556 valence electrons. The molecule has 2 aliphatic heterocycles. The predicted octanol–water partition coefficient (Wildman–Crippen LogP) is 6.05. The van der Waals surface area contributed by atoms with E-state index in [0.717, 1.165) is 84.4 Å². The molecule has 40 heteroatoms. The normalized spacial score (nSPS) is 14.4. The van der Waals surface area contributed by atoms with Crippen molar-refractivity contribution >= 4 is 147 Å². The minimum Gasteiger partial charge on any atom is -0.453 e. The summed E-state index contributed by atoms with van der Waals surface area (Å²) in [6.07, 6.45) is 6.72. The van der Waals surface area contributed by atoms with Crippen LogP contribution < -0.4 is 45.5 Å². The minimum absolute atomic E-state index is 0.00593. The highest BCUT2D eigenvalue weighted by molar-refractivity contribution is 6.05. The molecule has 0 unspecified atom stereocenters. The lowest BCUT2D eigenvalue weighted by Crippen LogP contribution is -2.42. The van der Waals surface area contributed by atoms with Crippen LogP contribution in [0.15, 0.2) is 116 Å². The Hall–Kier alpha value is -13.9. The third kappa shape index (κ3) is 13.2. The maximum absolute atomic E-state index is 12.7. The van der Waals surface area contributed by atoms with Crippen LogP contribution >= 0.6 is 0 Å². The SMILES string of the molecule is COC(=O)Nc1noc2ccc(-c3nn(C(C)C)c4ncnc(N)c34)cc12.Nc1nc2cc(-c3nn(C4(CO)CC4)c4ncnc(N)c34)ccc2o1.Nc1noc2ccc(-c3nn(CC(=O)N4CCOCC4)c4ncnc(N)c34)cc12.Nc1noc2ccc(-c3nn(CCN4CCOCC4)c4ncnc(N)c34)cc12. The molecule has 0 atom stereocenters. The number of carbonyl (C=O) groups is 2. The molecule has 16 aromatic rings. The first-order valence-corrected chi connectivity index (χ1v) is 34.3. The molecule has 4 aromatic carbocycles. The molecule has 109 heavy (non-hydrogen) atoms. The van der Waals surface area contributed by atoms with Crippen molar-refractivity contribution in [2.45, 2.75) is 51.4 Å². The number of aliphatic hydroxyl groups is 1. The number of nitrogens with one attached hydrogen (secondary N) is 1. The molecule has 16 N–H and O–H groups in total. The number of nitrogens with zero attached hydrogens (tertiary/aromatic N) is 22. The number of anilines is 8. The van der Waals surface area contributed by atoms with Crippen molar-refractivity contribution in [1.29, 1.82) is 0 Å². The van der Waals surface area contributed by atoms with Crippen molar-refractivity contribution < 1.29 is 46.9 Å². The highest BCUT2D eigenvalue weighted by atomic mass is 16.5. The second-order valence-corrected chi connectivity index (χ2v) is 26.0. The topological polar surface area (TPSA) is 561 Å². The van der Waals surface area contributed by atoms with Gasteiger partial charge in [-0.1, -0.05) is 15.5 Å². The Kier molecular flexibility index (Phi) is 18.2. The zero-order valence-corrected chi connectivity index (χ0v) is 58.7. The van der Waals surface area contributed by atoms with E-state index in [9.17, 15) is 14.7 Å². The number of ether oxygens (including phenoxy) is 3. The number of amides is 2. The van der Waals surface area contributed by atoms with E-state index in [1.54, 1.807) is 37.1 Å². The summed E-state index contributed by atoms with van der Waals surface area (Å²) in [5.74, 6) is 2.22. The van der Waals surface area contributed by atoms with Gasteiger partial charge in [-0.2, -0.15) is 25.4 Å². The molecule has 3 fully saturated rings. The first-order chi connectivity index (χ1) is 52.9. The first kappa shape index (κ1) is 69.5. The lowest BCUT2D eigenvalue weighted by atomic mass is 10.1. The Morgan fingerprint density at radius 2 is 1.00 bits per heavy atom. The summed E-state index contributed by atoms with van der Waals surface area (Å²) in [5.41, 5.74) is 52.7. The lowest BCUT2D eigenvalue weighted by molar-refractivity contribution is -0.136. The fourth-order valence-electron chi connectivity index (χ4n) is 13.1. The monoisotopic (exact) mass is 1480 g/mol. The van der Waals surface area contributed by atoms with Crippen LogP contribution in [0, 0.1) is 0 Å². The summed E-state index contributed by atoms with van der Waals surface area (Å²) in [7, 11) is 1.27. The van der Waals surface area contributed by atoms with E-state index in [0.29, 0.717) is 151 Å². The molecular weight excluding hydrogens is 1410 g/mol. The van der Waals surface area contributed by atoms with Crippen molar-refractivity contribution in [3.8, 4) is 45.0 Å². The third-order valence-corrected chi connectivity index (χ3v) is 18.9. The smallest absolute Gasteiger partial charge is 0.412 e. The number of oxazole rings is 1. The van der Waals surface area contributed by atoms with Crippen LogP contribution in [0.25, 0.3) is 133 Å². The maximum Gasteiger partial charge on any atom is 0.412 e. The van der Waals surface area contributed by atoms with Crippen molar-refractivity contribution in [2.75, 3.05) is 118 Å². The zero-order chi connectivity index (χ0) is 75.4. The fraction of sp³-hybridized carbons (Fsp3) is 0.275. The molecule has 0 radical (unpaired) electrons. The van der Waals surface area contributed by atoms with Crippen molar-refractivity contribution in [3.05, 3.63) is 98.1 Å². The average molecular weight is 1480 g/mol. The van der Waals surface area contributed by atoms with Crippen LogP contribution in [0.3, 0.4) is 0 Å². The number of benzene rings is 4. The van der Waals surface area contributed by atoms with Gasteiger partial charge in [0.05, 0.1) is 89.9 Å². The van der Waals surface area contributed by atoms with Gasteiger partial charge in [0.2, 0.25) is 5.91 Å². The average Bonchev–Trinajstić information content (AvgIpc) is 1.68. The van der Waals surface area contributed by atoms with Gasteiger partial charge in [0, 0.05) is 61.0 Å². The predicted molar refractivity (Wildman–Crippen MR) is 400 cm³/mol. The van der Waals surface area contributed by atoms with Gasteiger partial charge >= 0.3 is 6.09 Å². The van der Waals surface area contributed by atoms with E-state index >= 15 is 0 Å². The van der Waals surface area contributed by atoms with Gasteiger partial charge in [0.25, 0.3) is 6.01 Å². The van der Waals surface area contributed by atoms with Gasteiger partial charge < -0.3 is 82.3 Å². The highest BCUT2D eigenvalue weighted by Gasteiger charge is 2.47. The molecule has 2 saturated heterocycles. The number of aromatic nitrogens is 20. The summed E-state index contributed by atoms with van der Waals surface area (Å²) in [6.45, 7) is 11.2. The van der Waals surface area contributed by atoms with Crippen LogP contribution in [0.2, 0.25) is 0 Å². The Labute approximate surface area is 613 Å².